The van der Waals surface area contributed by atoms with Crippen molar-refractivity contribution in [3.8, 4) is 0 Å². The first kappa shape index (κ1) is 17.7. The highest BCUT2D eigenvalue weighted by Crippen LogP contribution is 2.21. The van der Waals surface area contributed by atoms with Gasteiger partial charge in [0.05, 0.1) is 0 Å². The fraction of sp³-hybridized carbons (Fsp3) is 0.500. The molecular formula is C16H20BrFN2O3. The van der Waals surface area contributed by atoms with E-state index in [1.807, 2.05) is 0 Å². The second-order valence-corrected chi connectivity index (χ2v) is 7.31. The molecule has 0 saturated carbocycles. The van der Waals surface area contributed by atoms with Crippen molar-refractivity contribution in [2.45, 2.75) is 32.9 Å². The van der Waals surface area contributed by atoms with Gasteiger partial charge in [0.1, 0.15) is 18.0 Å². The predicted octanol–water partition coefficient (Wildman–Crippen LogP) is 3.17. The zero-order valence-electron chi connectivity index (χ0n) is 13.4. The molecule has 0 unspecified atom stereocenters. The summed E-state index contributed by atoms with van der Waals surface area (Å²) >= 11 is 3.30. The zero-order chi connectivity index (χ0) is 17.2. The quantitative estimate of drug-likeness (QED) is 0.784. The number of ether oxygens (including phenoxy) is 1. The molecule has 1 aromatic carbocycles. The standard InChI is InChI=1S/C16H20BrFN2O3/c1-16(2,3)23-15(22)20-7-6-19(14(21)10-20)9-11-4-5-12(18)8-13(11)17/h4-5,8H,6-7,9-10H2,1-3H3. The van der Waals surface area contributed by atoms with Crippen molar-refractivity contribution in [3.63, 3.8) is 0 Å². The fourth-order valence-corrected chi connectivity index (χ4v) is 2.69. The first-order valence-corrected chi connectivity index (χ1v) is 8.14. The van der Waals surface area contributed by atoms with Crippen LogP contribution in [0.2, 0.25) is 0 Å². The normalized spacial score (nSPS) is 15.8. The molecule has 1 aliphatic rings. The number of amides is 2. The maximum atomic E-state index is 13.1. The van der Waals surface area contributed by atoms with Crippen molar-refractivity contribution in [3.05, 3.63) is 34.1 Å². The molecule has 23 heavy (non-hydrogen) atoms. The largest absolute Gasteiger partial charge is 0.444 e. The molecule has 0 bridgehead atoms. The lowest BCUT2D eigenvalue weighted by molar-refractivity contribution is -0.136. The number of halogens is 2. The predicted molar refractivity (Wildman–Crippen MR) is 87.3 cm³/mol. The lowest BCUT2D eigenvalue weighted by Crippen LogP contribution is -2.52. The molecule has 1 saturated heterocycles. The summed E-state index contributed by atoms with van der Waals surface area (Å²) < 4.78 is 19.0. The van der Waals surface area contributed by atoms with Gasteiger partial charge in [-0.1, -0.05) is 22.0 Å². The van der Waals surface area contributed by atoms with Crippen LogP contribution in [0, 0.1) is 5.82 Å². The van der Waals surface area contributed by atoms with E-state index in [1.54, 1.807) is 31.7 Å². The average molecular weight is 387 g/mol. The van der Waals surface area contributed by atoms with E-state index in [4.69, 9.17) is 4.74 Å². The molecule has 2 rings (SSSR count). The van der Waals surface area contributed by atoms with Gasteiger partial charge in [0.15, 0.2) is 0 Å². The van der Waals surface area contributed by atoms with E-state index in [0.29, 0.717) is 24.1 Å². The maximum absolute atomic E-state index is 13.1. The van der Waals surface area contributed by atoms with Gasteiger partial charge in [-0.25, -0.2) is 9.18 Å². The van der Waals surface area contributed by atoms with E-state index in [-0.39, 0.29) is 18.3 Å². The Morgan fingerprint density at radius 1 is 1.35 bits per heavy atom. The van der Waals surface area contributed by atoms with E-state index in [1.165, 1.54) is 17.0 Å². The van der Waals surface area contributed by atoms with Crippen LogP contribution in [0.3, 0.4) is 0 Å². The lowest BCUT2D eigenvalue weighted by Gasteiger charge is -2.35. The Kier molecular flexibility index (Phi) is 5.29. The first-order valence-electron chi connectivity index (χ1n) is 7.35. The third kappa shape index (κ3) is 4.92. The van der Waals surface area contributed by atoms with Crippen LogP contribution in [0.1, 0.15) is 26.3 Å². The number of hydrogen-bond donors (Lipinski definition) is 0. The van der Waals surface area contributed by atoms with Gasteiger partial charge in [-0.15, -0.1) is 0 Å². The van der Waals surface area contributed by atoms with Gasteiger partial charge in [-0.3, -0.25) is 9.69 Å². The van der Waals surface area contributed by atoms with E-state index in [0.717, 1.165) is 5.56 Å². The smallest absolute Gasteiger partial charge is 0.410 e. The summed E-state index contributed by atoms with van der Waals surface area (Å²) in [5.41, 5.74) is 0.237. The Hall–Kier alpha value is -1.63. The molecule has 2 amide bonds. The van der Waals surface area contributed by atoms with E-state index >= 15 is 0 Å². The molecule has 0 N–H and O–H groups in total. The number of benzene rings is 1. The third-order valence-corrected chi connectivity index (χ3v) is 4.08. The van der Waals surface area contributed by atoms with Crippen molar-refractivity contribution in [1.82, 2.24) is 9.80 Å². The lowest BCUT2D eigenvalue weighted by atomic mass is 10.2. The Morgan fingerprint density at radius 3 is 2.61 bits per heavy atom. The monoisotopic (exact) mass is 386 g/mol. The Labute approximate surface area is 143 Å². The van der Waals surface area contributed by atoms with Crippen LogP contribution in [0.5, 0.6) is 0 Å². The molecule has 1 aromatic rings. The van der Waals surface area contributed by atoms with Gasteiger partial charge in [-0.05, 0) is 38.5 Å². The van der Waals surface area contributed by atoms with Gasteiger partial charge < -0.3 is 9.64 Å². The number of carbonyl (C=O) groups excluding carboxylic acids is 2. The van der Waals surface area contributed by atoms with Crippen LogP contribution in [0.25, 0.3) is 0 Å². The van der Waals surface area contributed by atoms with Gasteiger partial charge in [0, 0.05) is 24.1 Å². The van der Waals surface area contributed by atoms with Crippen LogP contribution < -0.4 is 0 Å². The molecule has 7 heteroatoms. The minimum Gasteiger partial charge on any atom is -0.444 e. The molecule has 1 fully saturated rings. The van der Waals surface area contributed by atoms with E-state index in [2.05, 4.69) is 15.9 Å². The molecule has 0 aromatic heterocycles. The summed E-state index contributed by atoms with van der Waals surface area (Å²) in [7, 11) is 0. The molecule has 1 aliphatic heterocycles. The highest BCUT2D eigenvalue weighted by molar-refractivity contribution is 9.10. The summed E-state index contributed by atoms with van der Waals surface area (Å²) in [5, 5.41) is 0. The number of nitrogens with zero attached hydrogens (tertiary/aromatic N) is 2. The Bertz CT molecular complexity index is 616. The van der Waals surface area contributed by atoms with Crippen LogP contribution in [0.15, 0.2) is 22.7 Å². The molecule has 126 valence electrons. The second kappa shape index (κ2) is 6.86. The molecule has 0 aliphatic carbocycles. The summed E-state index contributed by atoms with van der Waals surface area (Å²) in [5.74, 6) is -0.486. The Balaban J connectivity index is 1.96. The number of hydrogen-bond acceptors (Lipinski definition) is 3. The fourth-order valence-electron chi connectivity index (χ4n) is 2.21. The first-order chi connectivity index (χ1) is 10.7. The summed E-state index contributed by atoms with van der Waals surface area (Å²) in [6, 6.07) is 4.38. The zero-order valence-corrected chi connectivity index (χ0v) is 15.0. The van der Waals surface area contributed by atoms with Crippen LogP contribution in [-0.4, -0.2) is 47.0 Å². The summed E-state index contributed by atoms with van der Waals surface area (Å²) in [6.45, 7) is 6.57. The highest BCUT2D eigenvalue weighted by atomic mass is 79.9. The minimum atomic E-state index is -0.587. The van der Waals surface area contributed by atoms with Gasteiger partial charge in [0.25, 0.3) is 0 Å². The summed E-state index contributed by atoms with van der Waals surface area (Å²) in [4.78, 5) is 27.3. The second-order valence-electron chi connectivity index (χ2n) is 6.45. The molecule has 0 spiro atoms. The molecule has 0 atom stereocenters. The molecule has 0 radical (unpaired) electrons. The average Bonchev–Trinajstić information content (AvgIpc) is 2.41. The molecule has 1 heterocycles. The Morgan fingerprint density at radius 2 is 2.04 bits per heavy atom. The van der Waals surface area contributed by atoms with Crippen molar-refractivity contribution < 1.29 is 18.7 Å². The van der Waals surface area contributed by atoms with Crippen LogP contribution in [0.4, 0.5) is 9.18 Å². The summed E-state index contributed by atoms with van der Waals surface area (Å²) in [6.07, 6.45) is -0.478. The number of piperazine rings is 1. The van der Waals surface area contributed by atoms with Gasteiger partial charge in [0.2, 0.25) is 5.91 Å². The SMILES string of the molecule is CC(C)(C)OC(=O)N1CCN(Cc2ccc(F)cc2Br)C(=O)C1. The molecular weight excluding hydrogens is 367 g/mol. The van der Waals surface area contributed by atoms with E-state index < -0.39 is 11.7 Å². The van der Waals surface area contributed by atoms with Crippen LogP contribution in [-0.2, 0) is 16.1 Å². The van der Waals surface area contributed by atoms with Crippen molar-refractivity contribution >= 4 is 27.9 Å². The number of carbonyl (C=O) groups is 2. The van der Waals surface area contributed by atoms with Crippen molar-refractivity contribution in [1.29, 1.82) is 0 Å². The number of rotatable bonds is 2. The topological polar surface area (TPSA) is 49.9 Å². The highest BCUT2D eigenvalue weighted by Gasteiger charge is 2.30. The van der Waals surface area contributed by atoms with Gasteiger partial charge >= 0.3 is 6.09 Å². The van der Waals surface area contributed by atoms with Crippen LogP contribution >= 0.6 is 15.9 Å². The van der Waals surface area contributed by atoms with Crippen molar-refractivity contribution in [2.75, 3.05) is 19.6 Å². The molecule has 5 nitrogen and oxygen atoms in total. The van der Waals surface area contributed by atoms with Gasteiger partial charge in [-0.2, -0.15) is 0 Å². The van der Waals surface area contributed by atoms with Crippen molar-refractivity contribution in [2.24, 2.45) is 0 Å². The maximum Gasteiger partial charge on any atom is 0.410 e. The minimum absolute atomic E-state index is 0.00622. The third-order valence-electron chi connectivity index (χ3n) is 3.35. The van der Waals surface area contributed by atoms with E-state index in [9.17, 15) is 14.0 Å².